The average molecular weight is 468 g/mol. The fraction of sp³-hybridized carbons (Fsp3) is 0.241. The molecule has 3 heterocycles. The predicted molar refractivity (Wildman–Crippen MR) is 132 cm³/mol. The molecule has 1 saturated heterocycles. The second kappa shape index (κ2) is 9.04. The van der Waals surface area contributed by atoms with Gasteiger partial charge in [-0.3, -0.25) is 9.59 Å². The highest BCUT2D eigenvalue weighted by atomic mass is 16.5. The lowest BCUT2D eigenvalue weighted by molar-refractivity contribution is 0.0486. The first-order chi connectivity index (χ1) is 17.2. The van der Waals surface area contributed by atoms with Crippen LogP contribution in [0.1, 0.15) is 46.1 Å². The van der Waals surface area contributed by atoms with Crippen molar-refractivity contribution < 1.29 is 18.7 Å². The highest BCUT2D eigenvalue weighted by Crippen LogP contribution is 2.39. The number of amides is 1. The van der Waals surface area contributed by atoms with Gasteiger partial charge in [0.2, 0.25) is 5.76 Å². The fourth-order valence-electron chi connectivity index (χ4n) is 5.00. The summed E-state index contributed by atoms with van der Waals surface area (Å²) >= 11 is 0. The molecule has 0 bridgehead atoms. The minimum atomic E-state index is -0.536. The van der Waals surface area contributed by atoms with Crippen molar-refractivity contribution >= 4 is 16.9 Å². The Morgan fingerprint density at radius 2 is 1.69 bits per heavy atom. The lowest BCUT2D eigenvalue weighted by Crippen LogP contribution is -2.36. The normalized spacial score (nSPS) is 19.3. The number of hydrogen-bond acceptors (Lipinski definition) is 5. The van der Waals surface area contributed by atoms with E-state index in [0.29, 0.717) is 36.3 Å². The maximum Gasteiger partial charge on any atom is 0.291 e. The molecule has 2 aliphatic rings. The van der Waals surface area contributed by atoms with Gasteiger partial charge in [-0.05, 0) is 48.2 Å². The molecule has 1 aromatic heterocycles. The van der Waals surface area contributed by atoms with E-state index in [4.69, 9.17) is 13.9 Å². The van der Waals surface area contributed by atoms with Crippen molar-refractivity contribution in [3.05, 3.63) is 112 Å². The molecule has 35 heavy (non-hydrogen) atoms. The van der Waals surface area contributed by atoms with Crippen LogP contribution >= 0.6 is 0 Å². The van der Waals surface area contributed by atoms with Crippen molar-refractivity contribution in [3.63, 3.8) is 0 Å². The highest BCUT2D eigenvalue weighted by molar-refractivity contribution is 5.99. The van der Waals surface area contributed by atoms with Gasteiger partial charge in [0.05, 0.1) is 23.1 Å². The van der Waals surface area contributed by atoms with Crippen LogP contribution in [-0.4, -0.2) is 30.1 Å². The number of hydrogen-bond donors (Lipinski definition) is 0. The average Bonchev–Trinajstić information content (AvgIpc) is 3.51. The molecule has 6 rings (SSSR count). The maximum atomic E-state index is 13.6. The van der Waals surface area contributed by atoms with Gasteiger partial charge in [0, 0.05) is 13.2 Å². The zero-order valence-corrected chi connectivity index (χ0v) is 19.2. The number of rotatable bonds is 6. The Bertz CT molecular complexity index is 1420. The van der Waals surface area contributed by atoms with Crippen molar-refractivity contribution in [1.29, 1.82) is 0 Å². The minimum absolute atomic E-state index is 0.0474. The smallest absolute Gasteiger partial charge is 0.291 e. The van der Waals surface area contributed by atoms with Gasteiger partial charge in [-0.1, -0.05) is 54.6 Å². The van der Waals surface area contributed by atoms with Crippen molar-refractivity contribution in [1.82, 2.24) is 4.90 Å². The summed E-state index contributed by atoms with van der Waals surface area (Å²) in [5.41, 5.74) is 2.57. The number of nitrogens with zero attached hydrogens (tertiary/aromatic N) is 1. The Labute approximate surface area is 202 Å². The third-order valence-corrected chi connectivity index (χ3v) is 6.74. The van der Waals surface area contributed by atoms with Gasteiger partial charge in [-0.2, -0.15) is 0 Å². The number of carbonyl (C=O) groups is 1. The Morgan fingerprint density at radius 3 is 2.46 bits per heavy atom. The molecule has 0 saturated carbocycles. The summed E-state index contributed by atoms with van der Waals surface area (Å²) in [6.07, 6.45) is 1.81. The van der Waals surface area contributed by atoms with Crippen LogP contribution in [-0.2, 0) is 11.3 Å². The quantitative estimate of drug-likeness (QED) is 0.395. The third-order valence-electron chi connectivity index (χ3n) is 6.74. The topological polar surface area (TPSA) is 69.0 Å². The molecule has 0 aliphatic carbocycles. The van der Waals surface area contributed by atoms with Gasteiger partial charge in [-0.15, -0.1) is 0 Å². The fourth-order valence-corrected chi connectivity index (χ4v) is 5.00. The number of ether oxygens (including phenoxy) is 2. The summed E-state index contributed by atoms with van der Waals surface area (Å²) in [5, 5.41) is 0.478. The second-order valence-corrected chi connectivity index (χ2v) is 9.01. The lowest BCUT2D eigenvalue weighted by atomic mass is 9.98. The maximum absolute atomic E-state index is 13.6. The molecule has 0 unspecified atom stereocenters. The van der Waals surface area contributed by atoms with Crippen molar-refractivity contribution in [2.45, 2.75) is 31.6 Å². The largest absolute Gasteiger partial charge is 0.489 e. The van der Waals surface area contributed by atoms with Crippen LogP contribution in [0.5, 0.6) is 5.75 Å². The van der Waals surface area contributed by atoms with Crippen molar-refractivity contribution in [2.24, 2.45) is 0 Å². The number of fused-ring (bicyclic) bond motifs is 2. The lowest BCUT2D eigenvalue weighted by Gasteiger charge is -2.27. The van der Waals surface area contributed by atoms with E-state index in [9.17, 15) is 9.59 Å². The molecule has 0 spiro atoms. The van der Waals surface area contributed by atoms with Crippen molar-refractivity contribution in [3.8, 4) is 5.75 Å². The highest BCUT2D eigenvalue weighted by Gasteiger charge is 2.43. The molecular formula is C29H25NO5. The van der Waals surface area contributed by atoms with Crippen molar-refractivity contribution in [2.75, 3.05) is 13.2 Å². The molecule has 6 heteroatoms. The SMILES string of the molecule is O=C1c2oc3ccccc3c(=O)c2[C@@H](c2ccc(OCc3ccccc3)cc2)N1C[C@@H]1CCCO1. The summed E-state index contributed by atoms with van der Waals surface area (Å²) in [4.78, 5) is 28.8. The first-order valence-electron chi connectivity index (χ1n) is 11.9. The Hall–Kier alpha value is -3.90. The summed E-state index contributed by atoms with van der Waals surface area (Å²) in [7, 11) is 0. The molecule has 2 aliphatic heterocycles. The number of benzene rings is 3. The monoisotopic (exact) mass is 467 g/mol. The van der Waals surface area contributed by atoms with Gasteiger partial charge in [-0.25, -0.2) is 0 Å². The van der Waals surface area contributed by atoms with Gasteiger partial charge in [0.25, 0.3) is 5.91 Å². The molecule has 6 nitrogen and oxygen atoms in total. The van der Waals surface area contributed by atoms with E-state index in [1.807, 2.05) is 54.6 Å². The Morgan fingerprint density at radius 1 is 0.914 bits per heavy atom. The molecule has 2 atom stereocenters. The zero-order chi connectivity index (χ0) is 23.8. The van der Waals surface area contributed by atoms with E-state index < -0.39 is 6.04 Å². The summed E-state index contributed by atoms with van der Waals surface area (Å²) in [5.74, 6) is 0.576. The van der Waals surface area contributed by atoms with E-state index in [2.05, 4.69) is 0 Å². The van der Waals surface area contributed by atoms with Gasteiger partial charge < -0.3 is 18.8 Å². The van der Waals surface area contributed by atoms with Gasteiger partial charge in [0.1, 0.15) is 17.9 Å². The molecule has 176 valence electrons. The summed E-state index contributed by atoms with van der Waals surface area (Å²) in [6, 6.07) is 24.1. The van der Waals surface area contributed by atoms with Crippen LogP contribution in [0.2, 0.25) is 0 Å². The van der Waals surface area contributed by atoms with Crippen LogP contribution in [0.15, 0.2) is 88.1 Å². The first kappa shape index (κ1) is 21.6. The molecule has 3 aromatic carbocycles. The van der Waals surface area contributed by atoms with Crippen LogP contribution in [0, 0.1) is 0 Å². The Balaban J connectivity index is 1.36. The zero-order valence-electron chi connectivity index (χ0n) is 19.2. The first-order valence-corrected chi connectivity index (χ1v) is 11.9. The minimum Gasteiger partial charge on any atom is -0.489 e. The van der Waals surface area contributed by atoms with Crippen LogP contribution in [0.4, 0.5) is 0 Å². The standard InChI is InChI=1S/C29H25NO5/c31-27-23-10-4-5-11-24(23)35-28-25(27)26(30(29(28)32)17-22-9-6-16-33-22)20-12-14-21(15-13-20)34-18-19-7-2-1-3-8-19/h1-5,7-8,10-15,22,26H,6,9,16-18H2/t22-,26+/m0/s1. The van der Waals surface area contributed by atoms with E-state index in [1.165, 1.54) is 0 Å². The molecule has 0 N–H and O–H groups in total. The van der Waals surface area contributed by atoms with E-state index in [1.54, 1.807) is 29.2 Å². The predicted octanol–water partition coefficient (Wildman–Crippen LogP) is 5.10. The van der Waals surface area contributed by atoms with Gasteiger partial charge in [0.15, 0.2) is 5.43 Å². The molecule has 1 amide bonds. The van der Waals surface area contributed by atoms with Crippen LogP contribution in [0.3, 0.4) is 0 Å². The second-order valence-electron chi connectivity index (χ2n) is 9.01. The van der Waals surface area contributed by atoms with Gasteiger partial charge >= 0.3 is 0 Å². The molecule has 1 fully saturated rings. The number of carbonyl (C=O) groups excluding carboxylic acids is 1. The van der Waals surface area contributed by atoms with Crippen LogP contribution in [0.25, 0.3) is 11.0 Å². The summed E-state index contributed by atoms with van der Waals surface area (Å²) in [6.45, 7) is 1.57. The summed E-state index contributed by atoms with van der Waals surface area (Å²) < 4.78 is 17.8. The molecular weight excluding hydrogens is 442 g/mol. The van der Waals surface area contributed by atoms with E-state index >= 15 is 0 Å². The molecule has 0 radical (unpaired) electrons. The van der Waals surface area contributed by atoms with Crippen LogP contribution < -0.4 is 10.2 Å². The molecule has 4 aromatic rings. The Kier molecular flexibility index (Phi) is 5.58. The van der Waals surface area contributed by atoms with E-state index in [0.717, 1.165) is 29.7 Å². The number of para-hydroxylation sites is 1. The third kappa shape index (κ3) is 4.00. The van der Waals surface area contributed by atoms with E-state index in [-0.39, 0.29) is 23.2 Å².